The van der Waals surface area contributed by atoms with Crippen molar-refractivity contribution in [3.8, 4) is 0 Å². The number of hydrogen-bond acceptors (Lipinski definition) is 1. The summed E-state index contributed by atoms with van der Waals surface area (Å²) in [6.45, 7) is 4.59. The first kappa shape index (κ1) is 6.47. The van der Waals surface area contributed by atoms with Gasteiger partial charge in [0.15, 0.2) is 0 Å². The molecule has 0 amide bonds. The SMILES string of the molecule is CCC(C)SC1CC1. The summed E-state index contributed by atoms with van der Waals surface area (Å²) in [5, 5.41) is 1.95. The molecule has 48 valence electrons. The van der Waals surface area contributed by atoms with E-state index >= 15 is 0 Å². The topological polar surface area (TPSA) is 0 Å². The van der Waals surface area contributed by atoms with Crippen LogP contribution in [-0.2, 0) is 0 Å². The van der Waals surface area contributed by atoms with Crippen LogP contribution in [0.2, 0.25) is 0 Å². The molecule has 0 N–H and O–H groups in total. The van der Waals surface area contributed by atoms with Gasteiger partial charge in [0.2, 0.25) is 0 Å². The van der Waals surface area contributed by atoms with Gasteiger partial charge in [-0.1, -0.05) is 13.8 Å². The van der Waals surface area contributed by atoms with Gasteiger partial charge in [0, 0.05) is 10.5 Å². The molecule has 0 radical (unpaired) electrons. The molecular formula is C7H14S. The molecule has 0 aromatic rings. The molecule has 8 heavy (non-hydrogen) atoms. The van der Waals surface area contributed by atoms with E-state index in [-0.39, 0.29) is 0 Å². The van der Waals surface area contributed by atoms with Crippen LogP contribution in [0, 0.1) is 0 Å². The molecule has 1 unspecified atom stereocenters. The Bertz CT molecular complexity index is 66.8. The van der Waals surface area contributed by atoms with Gasteiger partial charge in [0.1, 0.15) is 0 Å². The van der Waals surface area contributed by atoms with Crippen molar-refractivity contribution >= 4 is 11.8 Å². The van der Waals surface area contributed by atoms with Gasteiger partial charge in [0.25, 0.3) is 0 Å². The minimum atomic E-state index is 0.905. The molecule has 0 aromatic carbocycles. The second-order valence-electron chi connectivity index (χ2n) is 2.55. The lowest BCUT2D eigenvalue weighted by atomic mass is 10.4. The third-order valence-electron chi connectivity index (χ3n) is 1.52. The Morgan fingerprint density at radius 2 is 2.25 bits per heavy atom. The summed E-state index contributed by atoms with van der Waals surface area (Å²) < 4.78 is 0. The molecule has 1 fully saturated rings. The van der Waals surface area contributed by atoms with Crippen molar-refractivity contribution < 1.29 is 0 Å². The fourth-order valence-electron chi connectivity index (χ4n) is 0.629. The Hall–Kier alpha value is 0.350. The molecule has 1 heteroatoms. The van der Waals surface area contributed by atoms with E-state index in [1.54, 1.807) is 0 Å². The minimum Gasteiger partial charge on any atom is -0.155 e. The highest BCUT2D eigenvalue weighted by Gasteiger charge is 2.23. The van der Waals surface area contributed by atoms with Crippen LogP contribution in [0.5, 0.6) is 0 Å². The van der Waals surface area contributed by atoms with Crippen molar-refractivity contribution in [2.24, 2.45) is 0 Å². The van der Waals surface area contributed by atoms with E-state index in [4.69, 9.17) is 0 Å². The van der Waals surface area contributed by atoms with Crippen molar-refractivity contribution in [2.45, 2.75) is 43.6 Å². The summed E-state index contributed by atoms with van der Waals surface area (Å²) in [7, 11) is 0. The number of hydrogen-bond donors (Lipinski definition) is 0. The predicted molar refractivity (Wildman–Crippen MR) is 40.4 cm³/mol. The molecular weight excluding hydrogens is 116 g/mol. The van der Waals surface area contributed by atoms with E-state index in [1.807, 2.05) is 0 Å². The van der Waals surface area contributed by atoms with E-state index < -0.39 is 0 Å². The van der Waals surface area contributed by atoms with Crippen LogP contribution in [0.3, 0.4) is 0 Å². The normalized spacial score (nSPS) is 23.2. The largest absolute Gasteiger partial charge is 0.155 e. The maximum absolute atomic E-state index is 2.32. The molecule has 0 aliphatic heterocycles. The Balaban J connectivity index is 1.98. The quantitative estimate of drug-likeness (QED) is 0.566. The highest BCUT2D eigenvalue weighted by atomic mass is 32.2. The molecule has 0 aromatic heterocycles. The van der Waals surface area contributed by atoms with Crippen molar-refractivity contribution in [3.63, 3.8) is 0 Å². The van der Waals surface area contributed by atoms with Gasteiger partial charge < -0.3 is 0 Å². The number of thioether (sulfide) groups is 1. The van der Waals surface area contributed by atoms with Gasteiger partial charge in [-0.05, 0) is 19.3 Å². The molecule has 1 aliphatic rings. The summed E-state index contributed by atoms with van der Waals surface area (Å²) in [6, 6.07) is 0. The lowest BCUT2D eigenvalue weighted by molar-refractivity contribution is 0.905. The third-order valence-corrected chi connectivity index (χ3v) is 3.18. The van der Waals surface area contributed by atoms with Crippen LogP contribution in [0.4, 0.5) is 0 Å². The average molecular weight is 130 g/mol. The standard InChI is InChI=1S/C7H14S/c1-3-6(2)8-7-4-5-7/h6-7H,3-5H2,1-2H3. The second kappa shape index (κ2) is 2.77. The monoisotopic (exact) mass is 130 g/mol. The molecule has 0 saturated heterocycles. The van der Waals surface area contributed by atoms with Gasteiger partial charge in [0.05, 0.1) is 0 Å². The van der Waals surface area contributed by atoms with Crippen LogP contribution >= 0.6 is 11.8 Å². The molecule has 0 nitrogen and oxygen atoms in total. The third kappa shape index (κ3) is 2.08. The van der Waals surface area contributed by atoms with Gasteiger partial charge in [-0.15, -0.1) is 0 Å². The van der Waals surface area contributed by atoms with Gasteiger partial charge in [-0.3, -0.25) is 0 Å². The summed E-state index contributed by atoms with van der Waals surface area (Å²) in [5.41, 5.74) is 0. The molecule has 1 atom stereocenters. The zero-order valence-electron chi connectivity index (χ0n) is 5.68. The summed E-state index contributed by atoms with van der Waals surface area (Å²) >= 11 is 2.17. The smallest absolute Gasteiger partial charge is 0.00505 e. The van der Waals surface area contributed by atoms with Gasteiger partial charge in [-0.25, -0.2) is 0 Å². The Morgan fingerprint density at radius 1 is 1.62 bits per heavy atom. The molecule has 0 spiro atoms. The maximum atomic E-state index is 2.32. The van der Waals surface area contributed by atoms with Gasteiger partial charge in [-0.2, -0.15) is 11.8 Å². The first-order valence-electron chi connectivity index (χ1n) is 3.48. The van der Waals surface area contributed by atoms with E-state index in [0.717, 1.165) is 10.5 Å². The lowest BCUT2D eigenvalue weighted by Crippen LogP contribution is -1.93. The maximum Gasteiger partial charge on any atom is 0.00505 e. The van der Waals surface area contributed by atoms with Crippen molar-refractivity contribution in [1.29, 1.82) is 0 Å². The molecule has 1 saturated carbocycles. The zero-order valence-corrected chi connectivity index (χ0v) is 6.50. The van der Waals surface area contributed by atoms with E-state index in [2.05, 4.69) is 25.6 Å². The first-order chi connectivity index (χ1) is 3.83. The van der Waals surface area contributed by atoms with Crippen LogP contribution in [0.1, 0.15) is 33.1 Å². The molecule has 0 heterocycles. The summed E-state index contributed by atoms with van der Waals surface area (Å²) in [6.07, 6.45) is 4.30. The Kier molecular flexibility index (Phi) is 2.24. The lowest BCUT2D eigenvalue weighted by Gasteiger charge is -2.04. The van der Waals surface area contributed by atoms with Crippen LogP contribution in [0.15, 0.2) is 0 Å². The first-order valence-corrected chi connectivity index (χ1v) is 4.42. The Morgan fingerprint density at radius 3 is 2.62 bits per heavy atom. The zero-order chi connectivity index (χ0) is 5.98. The van der Waals surface area contributed by atoms with Crippen molar-refractivity contribution in [1.82, 2.24) is 0 Å². The van der Waals surface area contributed by atoms with E-state index in [1.165, 1.54) is 19.3 Å². The second-order valence-corrected chi connectivity index (χ2v) is 4.30. The fourth-order valence-corrected chi connectivity index (χ4v) is 1.89. The van der Waals surface area contributed by atoms with E-state index in [9.17, 15) is 0 Å². The highest BCUT2D eigenvalue weighted by Crippen LogP contribution is 2.37. The highest BCUT2D eigenvalue weighted by molar-refractivity contribution is 8.00. The predicted octanol–water partition coefficient (Wildman–Crippen LogP) is 2.68. The van der Waals surface area contributed by atoms with Crippen LogP contribution in [-0.4, -0.2) is 10.5 Å². The number of rotatable bonds is 3. The van der Waals surface area contributed by atoms with Crippen LogP contribution in [0.25, 0.3) is 0 Å². The minimum absolute atomic E-state index is 0.905. The fraction of sp³-hybridized carbons (Fsp3) is 1.00. The molecule has 1 aliphatic carbocycles. The Labute approximate surface area is 56.0 Å². The van der Waals surface area contributed by atoms with Gasteiger partial charge >= 0.3 is 0 Å². The van der Waals surface area contributed by atoms with E-state index in [0.29, 0.717) is 0 Å². The molecule has 0 bridgehead atoms. The van der Waals surface area contributed by atoms with Crippen molar-refractivity contribution in [3.05, 3.63) is 0 Å². The summed E-state index contributed by atoms with van der Waals surface area (Å²) in [4.78, 5) is 0. The summed E-state index contributed by atoms with van der Waals surface area (Å²) in [5.74, 6) is 0. The average Bonchev–Trinajstić information content (AvgIpc) is 2.50. The van der Waals surface area contributed by atoms with Crippen LogP contribution < -0.4 is 0 Å². The molecule has 1 rings (SSSR count). The van der Waals surface area contributed by atoms with Crippen molar-refractivity contribution in [2.75, 3.05) is 0 Å².